The zero-order valence-electron chi connectivity index (χ0n) is 10.9. The monoisotopic (exact) mass is 251 g/mol. The summed E-state index contributed by atoms with van der Waals surface area (Å²) in [5, 5.41) is 0. The molecule has 0 fully saturated rings. The molecule has 0 rings (SSSR count). The molecule has 0 aromatic heterocycles. The van der Waals surface area contributed by atoms with Crippen molar-refractivity contribution in [2.75, 3.05) is 6.61 Å². The van der Waals surface area contributed by atoms with Gasteiger partial charge in [0, 0.05) is 19.3 Å². The molecule has 0 spiro atoms. The van der Waals surface area contributed by atoms with E-state index in [0.29, 0.717) is 32.3 Å². The molecule has 1 unspecified atom stereocenters. The molecule has 0 saturated heterocycles. The lowest BCUT2D eigenvalue weighted by molar-refractivity contribution is -0.119. The summed E-state index contributed by atoms with van der Waals surface area (Å²) in [6, 6.07) is -0.615. The van der Waals surface area contributed by atoms with Crippen LogP contribution in [0.2, 0.25) is 0 Å². The van der Waals surface area contributed by atoms with Gasteiger partial charge in [0.15, 0.2) is 0 Å². The molecule has 0 radical (unpaired) electrons. The molecule has 4 heteroatoms. The Labute approximate surface area is 109 Å². The van der Waals surface area contributed by atoms with E-state index in [9.17, 15) is 9.59 Å². The number of carbonyl (C=O) groups excluding carboxylic acids is 2. The summed E-state index contributed by atoms with van der Waals surface area (Å²) in [4.78, 5) is 22.1. The van der Waals surface area contributed by atoms with Crippen molar-refractivity contribution in [3.8, 4) is 12.3 Å². The van der Waals surface area contributed by atoms with Crippen LogP contribution in [0, 0.1) is 12.3 Å². The second kappa shape index (κ2) is 10.5. The van der Waals surface area contributed by atoms with Crippen molar-refractivity contribution in [3.63, 3.8) is 0 Å². The smallest absolute Gasteiger partial charge is 0.150 e. The fourth-order valence-corrected chi connectivity index (χ4v) is 1.21. The normalized spacial score (nSPS) is 12.1. The van der Waals surface area contributed by atoms with Crippen LogP contribution in [0.15, 0.2) is 12.3 Å². The lowest BCUT2D eigenvalue weighted by Crippen LogP contribution is -2.25. The largest absolute Gasteiger partial charge is 0.501 e. The van der Waals surface area contributed by atoms with E-state index >= 15 is 0 Å². The number of rotatable bonds is 10. The average molecular weight is 251 g/mol. The Morgan fingerprint density at radius 2 is 2.06 bits per heavy atom. The minimum absolute atomic E-state index is 0.112. The van der Waals surface area contributed by atoms with E-state index in [1.807, 2.05) is 0 Å². The highest BCUT2D eigenvalue weighted by Crippen LogP contribution is 2.01. The summed E-state index contributed by atoms with van der Waals surface area (Å²) in [5.41, 5.74) is 5.46. The van der Waals surface area contributed by atoms with E-state index in [1.165, 1.54) is 19.3 Å². The molecule has 0 amide bonds. The van der Waals surface area contributed by atoms with Crippen LogP contribution in [-0.2, 0) is 14.3 Å². The first kappa shape index (κ1) is 16.4. The molecule has 0 aliphatic heterocycles. The van der Waals surface area contributed by atoms with E-state index in [0.717, 1.165) is 6.42 Å². The Hall–Kier alpha value is -1.60. The minimum Gasteiger partial charge on any atom is -0.501 e. The Kier molecular flexibility index (Phi) is 9.61. The number of nitrogens with two attached hydrogens (primary N) is 1. The fraction of sp³-hybridized carbons (Fsp3) is 0.571. The highest BCUT2D eigenvalue weighted by Gasteiger charge is 2.02. The van der Waals surface area contributed by atoms with Gasteiger partial charge in [-0.1, -0.05) is 0 Å². The Bertz CT molecular complexity index is 328. The van der Waals surface area contributed by atoms with Gasteiger partial charge in [0.25, 0.3) is 0 Å². The molecule has 0 heterocycles. The van der Waals surface area contributed by atoms with E-state index in [-0.39, 0.29) is 11.6 Å². The highest BCUT2D eigenvalue weighted by molar-refractivity contribution is 5.83. The fourth-order valence-electron chi connectivity index (χ4n) is 1.21. The van der Waals surface area contributed by atoms with Crippen LogP contribution in [0.5, 0.6) is 0 Å². The van der Waals surface area contributed by atoms with Crippen LogP contribution in [0.25, 0.3) is 0 Å². The zero-order chi connectivity index (χ0) is 13.8. The molecule has 0 saturated carbocycles. The molecule has 18 heavy (non-hydrogen) atoms. The average Bonchev–Trinajstić information content (AvgIpc) is 2.33. The second-order valence-electron chi connectivity index (χ2n) is 4.04. The third-order valence-corrected chi connectivity index (χ3v) is 2.35. The predicted octanol–water partition coefficient (Wildman–Crippen LogP) is 1.59. The van der Waals surface area contributed by atoms with Crippen molar-refractivity contribution in [2.45, 2.75) is 45.1 Å². The van der Waals surface area contributed by atoms with E-state index in [1.54, 1.807) is 0 Å². The van der Waals surface area contributed by atoms with Crippen LogP contribution < -0.4 is 5.73 Å². The van der Waals surface area contributed by atoms with Crippen molar-refractivity contribution < 1.29 is 14.3 Å². The molecule has 0 aliphatic carbocycles. The maximum Gasteiger partial charge on any atom is 0.150 e. The highest BCUT2D eigenvalue weighted by atomic mass is 16.5. The van der Waals surface area contributed by atoms with Crippen LogP contribution in [0.1, 0.15) is 39.0 Å². The van der Waals surface area contributed by atoms with Crippen LogP contribution >= 0.6 is 0 Å². The SMILES string of the molecule is C#CCCCC(=O)CCCO/C=C/C(N)C(C)=O. The van der Waals surface area contributed by atoms with E-state index in [2.05, 4.69) is 5.92 Å². The quantitative estimate of drug-likeness (QED) is 0.363. The van der Waals surface area contributed by atoms with Crippen LogP contribution in [-0.4, -0.2) is 24.2 Å². The van der Waals surface area contributed by atoms with Crippen molar-refractivity contribution >= 4 is 11.6 Å². The number of hydrogen-bond donors (Lipinski definition) is 1. The first-order chi connectivity index (χ1) is 8.57. The van der Waals surface area contributed by atoms with Crippen molar-refractivity contribution in [1.82, 2.24) is 0 Å². The minimum atomic E-state index is -0.615. The van der Waals surface area contributed by atoms with Crippen molar-refractivity contribution in [1.29, 1.82) is 0 Å². The molecule has 0 aromatic carbocycles. The van der Waals surface area contributed by atoms with Gasteiger partial charge in [-0.2, -0.15) is 0 Å². The summed E-state index contributed by atoms with van der Waals surface area (Å²) in [6.45, 7) is 1.87. The lowest BCUT2D eigenvalue weighted by Gasteiger charge is -2.02. The first-order valence-electron chi connectivity index (χ1n) is 6.07. The molecule has 0 aromatic rings. The maximum atomic E-state index is 11.3. The lowest BCUT2D eigenvalue weighted by atomic mass is 10.1. The maximum absolute atomic E-state index is 11.3. The Morgan fingerprint density at radius 1 is 1.39 bits per heavy atom. The van der Waals surface area contributed by atoms with Gasteiger partial charge in [-0.15, -0.1) is 12.3 Å². The van der Waals surface area contributed by atoms with Gasteiger partial charge in [0.2, 0.25) is 0 Å². The molecule has 2 N–H and O–H groups in total. The van der Waals surface area contributed by atoms with Crippen LogP contribution in [0.3, 0.4) is 0 Å². The molecule has 100 valence electrons. The first-order valence-corrected chi connectivity index (χ1v) is 6.07. The third kappa shape index (κ3) is 9.61. The number of ether oxygens (including phenoxy) is 1. The predicted molar refractivity (Wildman–Crippen MR) is 70.7 cm³/mol. The molecule has 4 nitrogen and oxygen atoms in total. The van der Waals surface area contributed by atoms with Crippen molar-refractivity contribution in [2.24, 2.45) is 5.73 Å². The van der Waals surface area contributed by atoms with E-state index < -0.39 is 6.04 Å². The summed E-state index contributed by atoms with van der Waals surface area (Å²) in [7, 11) is 0. The molecule has 0 bridgehead atoms. The summed E-state index contributed by atoms with van der Waals surface area (Å²) in [6.07, 6.45) is 11.1. The van der Waals surface area contributed by atoms with E-state index in [4.69, 9.17) is 16.9 Å². The number of terminal acetylenes is 1. The Balaban J connectivity index is 3.48. The summed E-state index contributed by atoms with van der Waals surface area (Å²) in [5.74, 6) is 2.60. The van der Waals surface area contributed by atoms with Crippen LogP contribution in [0.4, 0.5) is 0 Å². The molecule has 1 atom stereocenters. The van der Waals surface area contributed by atoms with Gasteiger partial charge in [-0.05, 0) is 25.8 Å². The van der Waals surface area contributed by atoms with Gasteiger partial charge < -0.3 is 10.5 Å². The number of unbranched alkanes of at least 4 members (excludes halogenated alkanes) is 1. The second-order valence-corrected chi connectivity index (χ2v) is 4.04. The standard InChI is InChI=1S/C14H21NO3/c1-3-4-5-7-13(17)8-6-10-18-11-9-14(15)12(2)16/h1,9,11,14H,4-8,10,15H2,2H3/b11-9+. The molecule has 0 aliphatic rings. The number of hydrogen-bond acceptors (Lipinski definition) is 4. The number of ketones is 2. The molecular weight excluding hydrogens is 230 g/mol. The van der Waals surface area contributed by atoms with Gasteiger partial charge in [0.1, 0.15) is 11.6 Å². The van der Waals surface area contributed by atoms with Gasteiger partial charge >= 0.3 is 0 Å². The summed E-state index contributed by atoms with van der Waals surface area (Å²) < 4.78 is 5.13. The molecular formula is C14H21NO3. The number of carbonyl (C=O) groups is 2. The summed E-state index contributed by atoms with van der Waals surface area (Å²) >= 11 is 0. The van der Waals surface area contributed by atoms with Crippen molar-refractivity contribution in [3.05, 3.63) is 12.3 Å². The third-order valence-electron chi connectivity index (χ3n) is 2.35. The Morgan fingerprint density at radius 3 is 2.67 bits per heavy atom. The zero-order valence-corrected chi connectivity index (χ0v) is 10.9. The van der Waals surface area contributed by atoms with Gasteiger partial charge in [-0.25, -0.2) is 0 Å². The topological polar surface area (TPSA) is 69.4 Å². The van der Waals surface area contributed by atoms with Gasteiger partial charge in [-0.3, -0.25) is 9.59 Å². The number of Topliss-reactive ketones (excluding diaryl/α,β-unsaturated/α-hetero) is 2. The van der Waals surface area contributed by atoms with Gasteiger partial charge in [0.05, 0.1) is 18.9 Å².